The van der Waals surface area contributed by atoms with Crippen LogP contribution >= 0.6 is 0 Å². The molecule has 0 aliphatic carbocycles. The van der Waals surface area contributed by atoms with Crippen molar-refractivity contribution in [2.75, 3.05) is 5.32 Å². The van der Waals surface area contributed by atoms with E-state index in [9.17, 15) is 22.0 Å². The molecule has 90 valence electrons. The lowest BCUT2D eigenvalue weighted by Crippen LogP contribution is -2.18. The predicted molar refractivity (Wildman–Crippen MR) is 49.6 cm³/mol. The van der Waals surface area contributed by atoms with Crippen LogP contribution in [0.4, 0.5) is 27.6 Å². The minimum atomic E-state index is -2.15. The Balaban J connectivity index is 3.28. The van der Waals surface area contributed by atoms with Gasteiger partial charge in [0.05, 0.1) is 0 Å². The number of hydrogen-bond acceptors (Lipinski definition) is 1. The average molecular weight is 239 g/mol. The zero-order chi connectivity index (χ0) is 12.5. The molecule has 1 nitrogen and oxygen atoms in total. The van der Waals surface area contributed by atoms with Crippen molar-refractivity contribution in [2.45, 2.75) is 26.3 Å². The number of hydrogen-bond donors (Lipinski definition) is 1. The van der Waals surface area contributed by atoms with Crippen LogP contribution in [0.2, 0.25) is 0 Å². The van der Waals surface area contributed by atoms with Gasteiger partial charge in [0, 0.05) is 6.04 Å². The summed E-state index contributed by atoms with van der Waals surface area (Å²) in [5.74, 6) is -9.70. The van der Waals surface area contributed by atoms with E-state index >= 15 is 0 Å². The molecular weight excluding hydrogens is 229 g/mol. The lowest BCUT2D eigenvalue weighted by Gasteiger charge is -2.15. The van der Waals surface area contributed by atoms with Crippen LogP contribution in [0.5, 0.6) is 0 Å². The minimum Gasteiger partial charge on any atom is -0.378 e. The molecule has 0 amide bonds. The minimum absolute atomic E-state index is 0.395. The second-order valence-electron chi connectivity index (χ2n) is 3.40. The van der Waals surface area contributed by atoms with Gasteiger partial charge in [-0.1, -0.05) is 6.92 Å². The molecule has 16 heavy (non-hydrogen) atoms. The molecule has 0 aliphatic heterocycles. The monoisotopic (exact) mass is 239 g/mol. The Morgan fingerprint density at radius 1 is 0.875 bits per heavy atom. The second kappa shape index (κ2) is 4.67. The highest BCUT2D eigenvalue weighted by molar-refractivity contribution is 5.48. The van der Waals surface area contributed by atoms with Crippen LogP contribution in [0.1, 0.15) is 20.3 Å². The van der Waals surface area contributed by atoms with Crippen molar-refractivity contribution in [1.82, 2.24) is 0 Å². The molecule has 0 heterocycles. The second-order valence-corrected chi connectivity index (χ2v) is 3.40. The van der Waals surface area contributed by atoms with E-state index in [0.29, 0.717) is 6.42 Å². The van der Waals surface area contributed by atoms with E-state index in [1.165, 1.54) is 0 Å². The molecule has 0 spiro atoms. The van der Waals surface area contributed by atoms with E-state index in [1.807, 2.05) is 0 Å². The largest absolute Gasteiger partial charge is 0.378 e. The molecule has 0 fully saturated rings. The van der Waals surface area contributed by atoms with E-state index in [2.05, 4.69) is 5.32 Å². The van der Waals surface area contributed by atoms with Gasteiger partial charge in [-0.15, -0.1) is 0 Å². The summed E-state index contributed by atoms with van der Waals surface area (Å²) in [6.07, 6.45) is 0.486. The van der Waals surface area contributed by atoms with Gasteiger partial charge in [-0.05, 0) is 13.3 Å². The third-order valence-electron chi connectivity index (χ3n) is 2.21. The first-order chi connectivity index (χ1) is 7.40. The fourth-order valence-electron chi connectivity index (χ4n) is 1.08. The van der Waals surface area contributed by atoms with E-state index in [0.717, 1.165) is 0 Å². The Morgan fingerprint density at radius 2 is 1.25 bits per heavy atom. The summed E-state index contributed by atoms with van der Waals surface area (Å²) in [6.45, 7) is 3.28. The van der Waals surface area contributed by atoms with Crippen LogP contribution in [-0.2, 0) is 0 Å². The average Bonchev–Trinajstić information content (AvgIpc) is 2.29. The molecular formula is C10H10F5N. The maximum Gasteiger partial charge on any atom is 0.200 e. The lowest BCUT2D eigenvalue weighted by molar-refractivity contribution is 0.380. The van der Waals surface area contributed by atoms with E-state index in [4.69, 9.17) is 0 Å². The van der Waals surface area contributed by atoms with E-state index < -0.39 is 40.8 Å². The summed E-state index contributed by atoms with van der Waals surface area (Å²) in [7, 11) is 0. The van der Waals surface area contributed by atoms with Crippen molar-refractivity contribution >= 4 is 5.69 Å². The Kier molecular flexibility index (Phi) is 3.72. The first-order valence-electron chi connectivity index (χ1n) is 4.68. The van der Waals surface area contributed by atoms with Crippen molar-refractivity contribution in [3.63, 3.8) is 0 Å². The molecule has 1 N–H and O–H groups in total. The van der Waals surface area contributed by atoms with E-state index in [-0.39, 0.29) is 0 Å². The first kappa shape index (κ1) is 12.7. The van der Waals surface area contributed by atoms with Crippen molar-refractivity contribution in [2.24, 2.45) is 0 Å². The summed E-state index contributed by atoms with van der Waals surface area (Å²) in [6, 6.07) is -0.395. The van der Waals surface area contributed by atoms with Gasteiger partial charge in [0.15, 0.2) is 23.3 Å². The third kappa shape index (κ3) is 2.10. The Labute approximate surface area is 89.3 Å². The van der Waals surface area contributed by atoms with Crippen LogP contribution in [0.3, 0.4) is 0 Å². The van der Waals surface area contributed by atoms with Gasteiger partial charge < -0.3 is 5.32 Å². The zero-order valence-electron chi connectivity index (χ0n) is 8.67. The number of benzene rings is 1. The first-order valence-corrected chi connectivity index (χ1v) is 4.68. The quantitative estimate of drug-likeness (QED) is 0.483. The third-order valence-corrected chi connectivity index (χ3v) is 2.21. The molecule has 0 aromatic heterocycles. The Morgan fingerprint density at radius 3 is 1.62 bits per heavy atom. The summed E-state index contributed by atoms with van der Waals surface area (Å²) in [5, 5.41) is 2.24. The Bertz CT molecular complexity index is 376. The fourth-order valence-corrected chi connectivity index (χ4v) is 1.08. The smallest absolute Gasteiger partial charge is 0.200 e. The predicted octanol–water partition coefficient (Wildman–Crippen LogP) is 3.59. The van der Waals surface area contributed by atoms with Gasteiger partial charge in [-0.2, -0.15) is 0 Å². The van der Waals surface area contributed by atoms with Crippen LogP contribution in [0.25, 0.3) is 0 Å². The van der Waals surface area contributed by atoms with Gasteiger partial charge >= 0.3 is 0 Å². The lowest BCUT2D eigenvalue weighted by atomic mass is 10.2. The van der Waals surface area contributed by atoms with E-state index in [1.54, 1.807) is 13.8 Å². The van der Waals surface area contributed by atoms with Crippen LogP contribution in [-0.4, -0.2) is 6.04 Å². The summed E-state index contributed by atoms with van der Waals surface area (Å²) >= 11 is 0. The molecule has 0 aliphatic rings. The van der Waals surface area contributed by atoms with Gasteiger partial charge in [0.1, 0.15) is 5.69 Å². The van der Waals surface area contributed by atoms with Crippen molar-refractivity contribution < 1.29 is 22.0 Å². The number of anilines is 1. The SMILES string of the molecule is CCC(C)Nc1c(F)c(F)c(F)c(F)c1F. The van der Waals surface area contributed by atoms with Crippen LogP contribution in [0, 0.1) is 29.1 Å². The highest BCUT2D eigenvalue weighted by Crippen LogP contribution is 2.27. The van der Waals surface area contributed by atoms with Gasteiger partial charge in [-0.3, -0.25) is 0 Å². The highest BCUT2D eigenvalue weighted by atomic mass is 19.2. The van der Waals surface area contributed by atoms with Crippen LogP contribution in [0.15, 0.2) is 0 Å². The summed E-state index contributed by atoms with van der Waals surface area (Å²) in [4.78, 5) is 0. The Hall–Kier alpha value is -1.33. The van der Waals surface area contributed by atoms with Crippen molar-refractivity contribution in [3.8, 4) is 0 Å². The molecule has 1 unspecified atom stereocenters. The summed E-state index contributed by atoms with van der Waals surface area (Å²) < 4.78 is 64.4. The number of rotatable bonds is 3. The molecule has 6 heteroatoms. The zero-order valence-corrected chi connectivity index (χ0v) is 8.67. The fraction of sp³-hybridized carbons (Fsp3) is 0.400. The van der Waals surface area contributed by atoms with Crippen LogP contribution < -0.4 is 5.32 Å². The maximum atomic E-state index is 13.1. The molecule has 0 radical (unpaired) electrons. The molecule has 0 saturated heterocycles. The topological polar surface area (TPSA) is 12.0 Å². The molecule has 0 bridgehead atoms. The number of nitrogens with one attached hydrogen (secondary N) is 1. The molecule has 1 rings (SSSR count). The maximum absolute atomic E-state index is 13.1. The van der Waals surface area contributed by atoms with Gasteiger partial charge in [0.25, 0.3) is 0 Å². The molecule has 1 atom stereocenters. The van der Waals surface area contributed by atoms with Crippen molar-refractivity contribution in [3.05, 3.63) is 29.1 Å². The summed E-state index contributed by atoms with van der Waals surface area (Å²) in [5.41, 5.74) is -0.981. The molecule has 1 aromatic carbocycles. The normalized spacial score (nSPS) is 12.7. The standard InChI is InChI=1S/C10H10F5N/c1-3-4(2)16-10-8(14)6(12)5(11)7(13)9(10)15/h4,16H,3H2,1-2H3. The number of halogens is 5. The van der Waals surface area contributed by atoms with Crippen molar-refractivity contribution in [1.29, 1.82) is 0 Å². The van der Waals surface area contributed by atoms with Gasteiger partial charge in [-0.25, -0.2) is 22.0 Å². The molecule has 1 aromatic rings. The molecule has 0 saturated carbocycles. The van der Waals surface area contributed by atoms with Gasteiger partial charge in [0.2, 0.25) is 5.82 Å². The highest BCUT2D eigenvalue weighted by Gasteiger charge is 2.26.